The van der Waals surface area contributed by atoms with Gasteiger partial charge in [-0.2, -0.15) is 0 Å². The smallest absolute Gasteiger partial charge is 0.336 e. The third kappa shape index (κ3) is 4.25. The van der Waals surface area contributed by atoms with Gasteiger partial charge in [-0.15, -0.1) is 0 Å². The molecule has 1 aliphatic heterocycles. The molecule has 0 radical (unpaired) electrons. The van der Waals surface area contributed by atoms with Gasteiger partial charge < -0.3 is 5.11 Å². The highest BCUT2D eigenvalue weighted by Gasteiger charge is 2.25. The molecule has 7 nitrogen and oxygen atoms in total. The largest absolute Gasteiger partial charge is 0.478 e. The summed E-state index contributed by atoms with van der Waals surface area (Å²) >= 11 is 0. The molecule has 1 fully saturated rings. The van der Waals surface area contributed by atoms with Crippen molar-refractivity contribution in [1.29, 1.82) is 0 Å². The number of nitrogens with zero attached hydrogens (tertiary/aromatic N) is 3. The number of aromatic nitrogens is 2. The van der Waals surface area contributed by atoms with Gasteiger partial charge in [0.1, 0.15) is 6.33 Å². The van der Waals surface area contributed by atoms with E-state index >= 15 is 0 Å². The fourth-order valence-corrected chi connectivity index (χ4v) is 4.16. The molecule has 1 aliphatic rings. The standard InChI is InChI=1S/C18H21N3O4S/c1-26(24,25)21-8-6-13(7-9-21)10-14-11-17(20-12-19-14)15-4-2-3-5-16(15)18(22)23/h2-5,11-13H,6-10H2,1H3,(H,22,23). The normalized spacial score (nSPS) is 16.5. The molecular formula is C18H21N3O4S. The van der Waals surface area contributed by atoms with E-state index in [2.05, 4.69) is 9.97 Å². The van der Waals surface area contributed by atoms with Crippen molar-refractivity contribution < 1.29 is 18.3 Å². The second-order valence-corrected chi connectivity index (χ2v) is 8.54. The van der Waals surface area contributed by atoms with Crippen LogP contribution in [0.3, 0.4) is 0 Å². The minimum atomic E-state index is -3.13. The molecule has 1 N–H and O–H groups in total. The summed E-state index contributed by atoms with van der Waals surface area (Å²) in [4.78, 5) is 20.0. The average molecular weight is 375 g/mol. The van der Waals surface area contributed by atoms with Crippen LogP contribution >= 0.6 is 0 Å². The maximum absolute atomic E-state index is 11.6. The van der Waals surface area contributed by atoms with E-state index in [1.807, 2.05) is 6.07 Å². The van der Waals surface area contributed by atoms with Crippen LogP contribution in [0, 0.1) is 5.92 Å². The number of piperidine rings is 1. The third-order valence-corrected chi connectivity index (χ3v) is 6.00. The zero-order valence-corrected chi connectivity index (χ0v) is 15.3. The van der Waals surface area contributed by atoms with Crippen molar-refractivity contribution in [1.82, 2.24) is 14.3 Å². The van der Waals surface area contributed by atoms with E-state index in [0.29, 0.717) is 30.3 Å². The molecule has 1 saturated heterocycles. The van der Waals surface area contributed by atoms with E-state index in [1.54, 1.807) is 24.3 Å². The van der Waals surface area contributed by atoms with Gasteiger partial charge in [0, 0.05) is 24.3 Å². The Kier molecular flexibility index (Phi) is 5.33. The van der Waals surface area contributed by atoms with Gasteiger partial charge >= 0.3 is 5.97 Å². The van der Waals surface area contributed by atoms with Gasteiger partial charge in [-0.25, -0.2) is 27.5 Å². The molecule has 0 saturated carbocycles. The van der Waals surface area contributed by atoms with Crippen LogP contribution in [0.15, 0.2) is 36.7 Å². The highest BCUT2D eigenvalue weighted by molar-refractivity contribution is 7.88. The molecule has 0 bridgehead atoms. The van der Waals surface area contributed by atoms with Gasteiger partial charge in [0.2, 0.25) is 10.0 Å². The minimum Gasteiger partial charge on any atom is -0.478 e. The summed E-state index contributed by atoms with van der Waals surface area (Å²) in [5.41, 5.74) is 2.20. The quantitative estimate of drug-likeness (QED) is 0.858. The lowest BCUT2D eigenvalue weighted by atomic mass is 9.92. The Bertz CT molecular complexity index is 906. The Morgan fingerprint density at radius 3 is 2.58 bits per heavy atom. The summed E-state index contributed by atoms with van der Waals surface area (Å²) in [6.07, 6.45) is 5.00. The molecular weight excluding hydrogens is 354 g/mol. The number of hydrogen-bond donors (Lipinski definition) is 1. The Labute approximate surface area is 152 Å². The lowest BCUT2D eigenvalue weighted by Crippen LogP contribution is -2.38. The number of carbonyl (C=O) groups is 1. The molecule has 0 atom stereocenters. The Balaban J connectivity index is 1.74. The van der Waals surface area contributed by atoms with Crippen molar-refractivity contribution in [2.75, 3.05) is 19.3 Å². The first-order valence-corrected chi connectivity index (χ1v) is 10.3. The van der Waals surface area contributed by atoms with E-state index in [-0.39, 0.29) is 5.56 Å². The topological polar surface area (TPSA) is 100 Å². The molecule has 0 spiro atoms. The molecule has 2 aromatic rings. The molecule has 3 rings (SSSR count). The van der Waals surface area contributed by atoms with Crippen LogP contribution in [-0.2, 0) is 16.4 Å². The number of aromatic carboxylic acids is 1. The summed E-state index contributed by atoms with van der Waals surface area (Å²) in [6.45, 7) is 1.06. The average Bonchev–Trinajstić information content (AvgIpc) is 2.61. The summed E-state index contributed by atoms with van der Waals surface area (Å²) in [5, 5.41) is 9.35. The monoisotopic (exact) mass is 375 g/mol. The molecule has 0 amide bonds. The van der Waals surface area contributed by atoms with Crippen molar-refractivity contribution >= 4 is 16.0 Å². The number of hydrogen-bond acceptors (Lipinski definition) is 5. The van der Waals surface area contributed by atoms with E-state index in [9.17, 15) is 18.3 Å². The fourth-order valence-electron chi connectivity index (χ4n) is 3.29. The van der Waals surface area contributed by atoms with Gasteiger partial charge in [0.25, 0.3) is 0 Å². The first-order valence-electron chi connectivity index (χ1n) is 8.43. The second kappa shape index (κ2) is 7.51. The Hall–Kier alpha value is -2.32. The van der Waals surface area contributed by atoms with Crippen LogP contribution in [0.5, 0.6) is 0 Å². The van der Waals surface area contributed by atoms with Crippen molar-refractivity contribution in [3.63, 3.8) is 0 Å². The maximum Gasteiger partial charge on any atom is 0.336 e. The molecule has 0 unspecified atom stereocenters. The van der Waals surface area contributed by atoms with Crippen LogP contribution in [0.1, 0.15) is 28.9 Å². The highest BCUT2D eigenvalue weighted by Crippen LogP contribution is 2.25. The maximum atomic E-state index is 11.6. The van der Waals surface area contributed by atoms with Crippen molar-refractivity contribution in [2.24, 2.45) is 5.92 Å². The van der Waals surface area contributed by atoms with Crippen molar-refractivity contribution in [3.8, 4) is 11.3 Å². The summed E-state index contributed by atoms with van der Waals surface area (Å²) in [5.74, 6) is -0.639. The third-order valence-electron chi connectivity index (χ3n) is 4.70. The SMILES string of the molecule is CS(=O)(=O)N1CCC(Cc2cc(-c3ccccc3C(=O)O)ncn2)CC1. The van der Waals surface area contributed by atoms with Gasteiger partial charge in [-0.05, 0) is 37.3 Å². The van der Waals surface area contributed by atoms with Gasteiger partial charge in [-0.1, -0.05) is 18.2 Å². The van der Waals surface area contributed by atoms with Crippen LogP contribution in [0.2, 0.25) is 0 Å². The number of benzene rings is 1. The molecule has 2 heterocycles. The molecule has 26 heavy (non-hydrogen) atoms. The number of carboxylic acid groups (broad SMARTS) is 1. The zero-order chi connectivity index (χ0) is 18.7. The number of rotatable bonds is 5. The van der Waals surface area contributed by atoms with Gasteiger partial charge in [0.05, 0.1) is 17.5 Å². The van der Waals surface area contributed by atoms with Crippen LogP contribution < -0.4 is 0 Å². The number of sulfonamides is 1. The Morgan fingerprint density at radius 2 is 1.92 bits per heavy atom. The zero-order valence-electron chi connectivity index (χ0n) is 14.5. The van der Waals surface area contributed by atoms with E-state index in [4.69, 9.17) is 0 Å². The fraction of sp³-hybridized carbons (Fsp3) is 0.389. The minimum absolute atomic E-state index is 0.207. The first-order chi connectivity index (χ1) is 12.3. The lowest BCUT2D eigenvalue weighted by molar-refractivity contribution is 0.0697. The first kappa shape index (κ1) is 18.5. The molecule has 0 aliphatic carbocycles. The van der Waals surface area contributed by atoms with Gasteiger partial charge in [0.15, 0.2) is 0 Å². The summed E-state index contributed by atoms with van der Waals surface area (Å²) < 4.78 is 24.7. The van der Waals surface area contributed by atoms with Crippen molar-refractivity contribution in [3.05, 3.63) is 47.9 Å². The van der Waals surface area contributed by atoms with Crippen LogP contribution in [0.25, 0.3) is 11.3 Å². The number of carboxylic acids is 1. The van der Waals surface area contributed by atoms with Gasteiger partial charge in [-0.3, -0.25) is 0 Å². The van der Waals surface area contributed by atoms with E-state index in [0.717, 1.165) is 25.0 Å². The van der Waals surface area contributed by atoms with Crippen LogP contribution in [-0.4, -0.2) is 53.1 Å². The summed E-state index contributed by atoms with van der Waals surface area (Å²) in [7, 11) is -3.13. The molecule has 1 aromatic heterocycles. The summed E-state index contributed by atoms with van der Waals surface area (Å²) in [6, 6.07) is 8.58. The lowest BCUT2D eigenvalue weighted by Gasteiger charge is -2.30. The van der Waals surface area contributed by atoms with Crippen molar-refractivity contribution in [2.45, 2.75) is 19.3 Å². The molecule has 8 heteroatoms. The molecule has 1 aromatic carbocycles. The molecule has 138 valence electrons. The Morgan fingerprint density at radius 1 is 1.23 bits per heavy atom. The van der Waals surface area contributed by atoms with E-state index < -0.39 is 16.0 Å². The van der Waals surface area contributed by atoms with E-state index in [1.165, 1.54) is 16.9 Å². The highest BCUT2D eigenvalue weighted by atomic mass is 32.2. The predicted octanol–water partition coefficient (Wildman–Crippen LogP) is 2.06. The predicted molar refractivity (Wildman–Crippen MR) is 97.3 cm³/mol. The second-order valence-electron chi connectivity index (χ2n) is 6.55. The van der Waals surface area contributed by atoms with Crippen LogP contribution in [0.4, 0.5) is 0 Å².